The number of carboxylic acids is 1. The van der Waals surface area contributed by atoms with E-state index < -0.39 is 11.9 Å². The third-order valence-corrected chi connectivity index (χ3v) is 9.53. The van der Waals surface area contributed by atoms with Crippen LogP contribution >= 0.6 is 22.9 Å². The van der Waals surface area contributed by atoms with Gasteiger partial charge in [-0.1, -0.05) is 29.8 Å². The molecule has 0 amide bonds. The summed E-state index contributed by atoms with van der Waals surface area (Å²) in [5.41, 5.74) is 6.22. The maximum Gasteiger partial charge on any atom is 0.304 e. The van der Waals surface area contributed by atoms with E-state index in [4.69, 9.17) is 16.3 Å². The third-order valence-electron chi connectivity index (χ3n) is 8.23. The highest BCUT2D eigenvalue weighted by Gasteiger charge is 2.30. The number of rotatable bonds is 7. The average molecular weight is 590 g/mol. The van der Waals surface area contributed by atoms with Crippen LogP contribution in [0.3, 0.4) is 0 Å². The van der Waals surface area contributed by atoms with Gasteiger partial charge in [-0.2, -0.15) is 0 Å². The maximum absolute atomic E-state index is 12.2. The van der Waals surface area contributed by atoms with Gasteiger partial charge in [0.25, 0.3) is 0 Å². The highest BCUT2D eigenvalue weighted by molar-refractivity contribution is 7.17. The number of pyridine rings is 1. The Labute approximate surface area is 247 Å². The molecule has 0 saturated heterocycles. The van der Waals surface area contributed by atoms with Gasteiger partial charge in [0.15, 0.2) is 0 Å². The SMILES string of the molecule is CC[C@@H]1CN(Cc2cc([C@@H](CC(=O)O)c3cc(Cl)c4c(nnn4C)c3C)cc3ccsc23)[C@@H](C)c2ncccc2O1. The molecule has 0 aliphatic carbocycles. The number of halogens is 1. The first kappa shape index (κ1) is 27.6. The van der Waals surface area contributed by atoms with Crippen molar-refractivity contribution in [1.29, 1.82) is 0 Å². The number of hydrogen-bond acceptors (Lipinski definition) is 7. The zero-order valence-corrected chi connectivity index (χ0v) is 25.0. The van der Waals surface area contributed by atoms with Crippen LogP contribution in [0.5, 0.6) is 5.75 Å². The number of benzene rings is 2. The van der Waals surface area contributed by atoms with Crippen LogP contribution in [0.2, 0.25) is 5.02 Å². The number of carboxylic acid groups (broad SMARTS) is 1. The number of carbonyl (C=O) groups is 1. The molecular weight excluding hydrogens is 558 g/mol. The molecule has 10 heteroatoms. The largest absolute Gasteiger partial charge is 0.487 e. The normalized spacial score (nSPS) is 18.3. The number of hydrogen-bond donors (Lipinski definition) is 1. The van der Waals surface area contributed by atoms with Gasteiger partial charge in [-0.05, 0) is 83.6 Å². The second-order valence-electron chi connectivity index (χ2n) is 10.8. The van der Waals surface area contributed by atoms with Crippen molar-refractivity contribution in [3.8, 4) is 5.75 Å². The predicted octanol–water partition coefficient (Wildman–Crippen LogP) is 6.88. The number of thiophene rings is 1. The van der Waals surface area contributed by atoms with Crippen LogP contribution in [-0.4, -0.2) is 48.6 Å². The quantitative estimate of drug-likeness (QED) is 0.221. The van der Waals surface area contributed by atoms with Gasteiger partial charge in [0.1, 0.15) is 22.9 Å². The van der Waals surface area contributed by atoms with Gasteiger partial charge in [0, 0.05) is 37.0 Å². The van der Waals surface area contributed by atoms with Crippen molar-refractivity contribution in [2.24, 2.45) is 7.05 Å². The maximum atomic E-state index is 12.2. The van der Waals surface area contributed by atoms with Gasteiger partial charge in [0.05, 0.1) is 23.2 Å². The summed E-state index contributed by atoms with van der Waals surface area (Å²) in [7, 11) is 1.80. The number of aliphatic carboxylic acids is 1. The summed E-state index contributed by atoms with van der Waals surface area (Å²) in [5, 5.41) is 22.2. The molecule has 1 N–H and O–H groups in total. The molecule has 4 heterocycles. The molecule has 0 fully saturated rings. The molecule has 0 radical (unpaired) electrons. The Morgan fingerprint density at radius 3 is 2.90 bits per heavy atom. The lowest BCUT2D eigenvalue weighted by molar-refractivity contribution is -0.137. The Morgan fingerprint density at radius 2 is 2.12 bits per heavy atom. The van der Waals surface area contributed by atoms with E-state index in [1.807, 2.05) is 31.3 Å². The first-order chi connectivity index (χ1) is 19.7. The van der Waals surface area contributed by atoms with E-state index in [0.29, 0.717) is 17.1 Å². The van der Waals surface area contributed by atoms with Crippen molar-refractivity contribution in [3.05, 3.63) is 80.9 Å². The Balaban J connectivity index is 1.46. The van der Waals surface area contributed by atoms with E-state index in [2.05, 4.69) is 57.6 Å². The Bertz CT molecular complexity index is 1770. The van der Waals surface area contributed by atoms with Crippen molar-refractivity contribution in [3.63, 3.8) is 0 Å². The summed E-state index contributed by atoms with van der Waals surface area (Å²) >= 11 is 8.43. The molecule has 1 aliphatic rings. The van der Waals surface area contributed by atoms with Crippen molar-refractivity contribution in [1.82, 2.24) is 24.9 Å². The lowest BCUT2D eigenvalue weighted by Gasteiger charge is -2.29. The molecule has 6 rings (SSSR count). The van der Waals surface area contributed by atoms with Crippen LogP contribution < -0.4 is 4.74 Å². The van der Waals surface area contributed by atoms with Crippen molar-refractivity contribution in [2.45, 2.75) is 58.2 Å². The molecule has 2 aromatic carbocycles. The molecule has 0 bridgehead atoms. The smallest absolute Gasteiger partial charge is 0.304 e. The summed E-state index contributed by atoms with van der Waals surface area (Å²) in [4.78, 5) is 19.3. The van der Waals surface area contributed by atoms with Crippen LogP contribution in [0, 0.1) is 6.92 Å². The van der Waals surface area contributed by atoms with Crippen LogP contribution in [0.4, 0.5) is 0 Å². The van der Waals surface area contributed by atoms with Gasteiger partial charge in [-0.3, -0.25) is 14.7 Å². The van der Waals surface area contributed by atoms with Crippen molar-refractivity contribution in [2.75, 3.05) is 6.54 Å². The fourth-order valence-corrected chi connectivity index (χ4v) is 7.25. The van der Waals surface area contributed by atoms with Gasteiger partial charge in [-0.25, -0.2) is 4.68 Å². The summed E-state index contributed by atoms with van der Waals surface area (Å²) in [6.45, 7) is 7.74. The van der Waals surface area contributed by atoms with Gasteiger partial charge in [-0.15, -0.1) is 16.4 Å². The number of nitrogens with zero attached hydrogens (tertiary/aromatic N) is 5. The zero-order chi connectivity index (χ0) is 28.8. The van der Waals surface area contributed by atoms with E-state index in [0.717, 1.165) is 57.6 Å². The summed E-state index contributed by atoms with van der Waals surface area (Å²) < 4.78 is 9.20. The molecule has 5 aromatic rings. The minimum atomic E-state index is -0.872. The van der Waals surface area contributed by atoms with Crippen LogP contribution in [-0.2, 0) is 18.4 Å². The topological polar surface area (TPSA) is 93.4 Å². The highest BCUT2D eigenvalue weighted by Crippen LogP contribution is 2.40. The highest BCUT2D eigenvalue weighted by atomic mass is 35.5. The van der Waals surface area contributed by atoms with Crippen molar-refractivity contribution >= 4 is 50.0 Å². The summed E-state index contributed by atoms with van der Waals surface area (Å²) in [6, 6.07) is 12.3. The van der Waals surface area contributed by atoms with Crippen LogP contribution in [0.1, 0.15) is 66.6 Å². The van der Waals surface area contributed by atoms with Crippen molar-refractivity contribution < 1.29 is 14.6 Å². The molecule has 0 saturated carbocycles. The monoisotopic (exact) mass is 589 g/mol. The molecule has 0 unspecified atom stereocenters. The number of fused-ring (bicyclic) bond motifs is 3. The lowest BCUT2D eigenvalue weighted by Crippen LogP contribution is -2.34. The Kier molecular flexibility index (Phi) is 7.44. The molecule has 1 aliphatic heterocycles. The predicted molar refractivity (Wildman–Crippen MR) is 162 cm³/mol. The zero-order valence-electron chi connectivity index (χ0n) is 23.5. The van der Waals surface area contributed by atoms with E-state index in [1.54, 1.807) is 23.1 Å². The number of aromatic nitrogens is 4. The van der Waals surface area contributed by atoms with Gasteiger partial charge in [0.2, 0.25) is 0 Å². The second kappa shape index (κ2) is 11.0. The third kappa shape index (κ3) is 5.07. The molecule has 8 nitrogen and oxygen atoms in total. The standard InChI is InChI=1S/C31H32ClN5O3S/c1-5-22-16-37(18(3)29-26(40-22)7-6-9-33-29)15-21-12-20(11-19-8-10-41-31(19)21)24(14-27(38)39)23-13-25(32)30-28(17(23)2)34-35-36(30)4/h6-13,18,22,24H,5,14-16H2,1-4H3,(H,38,39)/t18-,22+,24+/m0/s1. The summed E-state index contributed by atoms with van der Waals surface area (Å²) in [5.74, 6) is -0.434. The average Bonchev–Trinajstić information content (AvgIpc) is 3.56. The van der Waals surface area contributed by atoms with E-state index in [-0.39, 0.29) is 18.6 Å². The molecule has 3 aromatic heterocycles. The minimum absolute atomic E-state index is 0.0492. The Hall–Kier alpha value is -3.53. The van der Waals surface area contributed by atoms with E-state index >= 15 is 0 Å². The first-order valence-corrected chi connectivity index (χ1v) is 15.1. The molecule has 3 atom stereocenters. The lowest BCUT2D eigenvalue weighted by atomic mass is 9.84. The van der Waals surface area contributed by atoms with Gasteiger partial charge >= 0.3 is 5.97 Å². The van der Waals surface area contributed by atoms with E-state index in [9.17, 15) is 9.90 Å². The Morgan fingerprint density at radius 1 is 1.29 bits per heavy atom. The fraction of sp³-hybridized carbons (Fsp3) is 0.355. The number of aryl methyl sites for hydroxylation is 2. The van der Waals surface area contributed by atoms with Gasteiger partial charge < -0.3 is 9.84 Å². The summed E-state index contributed by atoms with van der Waals surface area (Å²) in [6.07, 6.45) is 2.69. The molecule has 212 valence electrons. The van der Waals surface area contributed by atoms with E-state index in [1.165, 1.54) is 4.70 Å². The molecule has 41 heavy (non-hydrogen) atoms. The molecule has 0 spiro atoms. The van der Waals surface area contributed by atoms with Crippen LogP contribution in [0.25, 0.3) is 21.1 Å². The van der Waals surface area contributed by atoms with Crippen LogP contribution in [0.15, 0.2) is 48.0 Å². The minimum Gasteiger partial charge on any atom is -0.487 e. The second-order valence-corrected chi connectivity index (χ2v) is 12.1. The fourth-order valence-electron chi connectivity index (χ4n) is 6.03. The first-order valence-electron chi connectivity index (χ1n) is 13.8. The number of ether oxygens (including phenoxy) is 1. The molecular formula is C31H32ClN5O3S.